The highest BCUT2D eigenvalue weighted by atomic mass is 16.5. The first kappa shape index (κ1) is 9.51. The minimum atomic E-state index is -0.573. The van der Waals surface area contributed by atoms with Gasteiger partial charge in [-0.05, 0) is 19.1 Å². The summed E-state index contributed by atoms with van der Waals surface area (Å²) >= 11 is 0. The lowest BCUT2D eigenvalue weighted by molar-refractivity contribution is 0.341. The average Bonchev–Trinajstić information content (AvgIpc) is 2.66. The quantitative estimate of drug-likeness (QED) is 0.824. The van der Waals surface area contributed by atoms with Gasteiger partial charge in [0.2, 0.25) is 0 Å². The summed E-state index contributed by atoms with van der Waals surface area (Å²) in [5.41, 5.74) is 0.713. The van der Waals surface area contributed by atoms with Crippen molar-refractivity contribution in [3.63, 3.8) is 0 Å². The molecule has 0 radical (unpaired) electrons. The minimum Gasteiger partial charge on any atom is -0.493 e. The van der Waals surface area contributed by atoms with Crippen LogP contribution in [0.2, 0.25) is 0 Å². The van der Waals surface area contributed by atoms with Crippen LogP contribution in [0.3, 0.4) is 0 Å². The Bertz CT molecular complexity index is 501. The van der Waals surface area contributed by atoms with Crippen molar-refractivity contribution in [2.24, 2.45) is 0 Å². The monoisotopic (exact) mass is 206 g/mol. The summed E-state index contributed by atoms with van der Waals surface area (Å²) in [6.45, 7) is 2.45. The van der Waals surface area contributed by atoms with Crippen LogP contribution in [0.1, 0.15) is 6.92 Å². The van der Waals surface area contributed by atoms with E-state index in [4.69, 9.17) is 4.74 Å². The Morgan fingerprint density at radius 1 is 1.47 bits per heavy atom. The van der Waals surface area contributed by atoms with E-state index in [1.54, 1.807) is 6.07 Å². The molecule has 0 fully saturated rings. The number of aromatic nitrogens is 2. The molecule has 5 nitrogen and oxygen atoms in total. The maximum absolute atomic E-state index is 10.8. The average molecular weight is 206 g/mol. The molecule has 0 saturated heterocycles. The highest BCUT2D eigenvalue weighted by molar-refractivity contribution is 5.63. The maximum atomic E-state index is 10.8. The van der Waals surface area contributed by atoms with E-state index in [0.717, 1.165) is 0 Å². The lowest BCUT2D eigenvalue weighted by Gasteiger charge is -2.06. The number of hydrogen-bond donors (Lipinski definition) is 1. The molecule has 2 rings (SSSR count). The van der Waals surface area contributed by atoms with Gasteiger partial charge in [0.15, 0.2) is 5.82 Å². The van der Waals surface area contributed by atoms with Crippen molar-refractivity contribution in [1.82, 2.24) is 10.1 Å². The molecule has 0 spiro atoms. The fraction of sp³-hybridized carbons (Fsp3) is 0.200. The number of nitrogens with zero attached hydrogens (tertiary/aromatic N) is 1. The van der Waals surface area contributed by atoms with Crippen LogP contribution in [0.15, 0.2) is 33.6 Å². The SMILES string of the molecule is CCOc1ccccc1-c1noc(=O)[nH]1. The van der Waals surface area contributed by atoms with Crippen LogP contribution in [-0.2, 0) is 0 Å². The van der Waals surface area contributed by atoms with Crippen LogP contribution in [0.4, 0.5) is 0 Å². The molecule has 0 saturated carbocycles. The third kappa shape index (κ3) is 1.90. The Kier molecular flexibility index (Phi) is 2.53. The second kappa shape index (κ2) is 4.00. The van der Waals surface area contributed by atoms with E-state index in [0.29, 0.717) is 23.7 Å². The number of benzene rings is 1. The molecule has 0 atom stereocenters. The molecule has 1 heterocycles. The molecule has 0 bridgehead atoms. The summed E-state index contributed by atoms with van der Waals surface area (Å²) in [5, 5.41) is 3.61. The van der Waals surface area contributed by atoms with Gasteiger partial charge in [-0.25, -0.2) is 4.79 Å². The van der Waals surface area contributed by atoms with E-state index in [2.05, 4.69) is 14.7 Å². The Morgan fingerprint density at radius 3 is 2.93 bits per heavy atom. The fourth-order valence-corrected chi connectivity index (χ4v) is 1.29. The van der Waals surface area contributed by atoms with Gasteiger partial charge >= 0.3 is 5.76 Å². The van der Waals surface area contributed by atoms with Gasteiger partial charge in [0.25, 0.3) is 0 Å². The Morgan fingerprint density at radius 2 is 2.27 bits per heavy atom. The van der Waals surface area contributed by atoms with E-state index in [1.165, 1.54) is 0 Å². The number of ether oxygens (including phenoxy) is 1. The van der Waals surface area contributed by atoms with Gasteiger partial charge < -0.3 is 4.74 Å². The highest BCUT2D eigenvalue weighted by Gasteiger charge is 2.09. The lowest BCUT2D eigenvalue weighted by Crippen LogP contribution is -1.97. The predicted octanol–water partition coefficient (Wildman–Crippen LogP) is 1.43. The summed E-state index contributed by atoms with van der Waals surface area (Å²) in [6.07, 6.45) is 0. The molecular formula is C10H10N2O3. The summed E-state index contributed by atoms with van der Waals surface area (Å²) in [4.78, 5) is 13.3. The lowest BCUT2D eigenvalue weighted by atomic mass is 10.2. The zero-order valence-corrected chi connectivity index (χ0v) is 8.19. The van der Waals surface area contributed by atoms with Crippen LogP contribution in [0.5, 0.6) is 5.75 Å². The summed E-state index contributed by atoms with van der Waals surface area (Å²) in [7, 11) is 0. The number of H-pyrrole nitrogens is 1. The largest absolute Gasteiger partial charge is 0.493 e. The Balaban J connectivity index is 2.47. The second-order valence-corrected chi connectivity index (χ2v) is 2.87. The zero-order valence-electron chi connectivity index (χ0n) is 8.19. The van der Waals surface area contributed by atoms with Crippen LogP contribution in [0, 0.1) is 0 Å². The molecular weight excluding hydrogens is 196 g/mol. The summed E-state index contributed by atoms with van der Waals surface area (Å²) in [6, 6.07) is 7.31. The van der Waals surface area contributed by atoms with E-state index in [9.17, 15) is 4.79 Å². The third-order valence-corrected chi connectivity index (χ3v) is 1.88. The number of hydrogen-bond acceptors (Lipinski definition) is 4. The topological polar surface area (TPSA) is 68.1 Å². The molecule has 1 aromatic carbocycles. The van der Waals surface area contributed by atoms with Crippen molar-refractivity contribution in [3.8, 4) is 17.1 Å². The van der Waals surface area contributed by atoms with Crippen molar-refractivity contribution in [2.75, 3.05) is 6.61 Å². The van der Waals surface area contributed by atoms with Gasteiger partial charge in [-0.1, -0.05) is 17.3 Å². The van der Waals surface area contributed by atoms with Gasteiger partial charge in [-0.3, -0.25) is 9.51 Å². The predicted molar refractivity (Wildman–Crippen MR) is 53.7 cm³/mol. The number of nitrogens with one attached hydrogen (secondary N) is 1. The van der Waals surface area contributed by atoms with Crippen LogP contribution < -0.4 is 10.5 Å². The first-order chi connectivity index (χ1) is 7.31. The Labute approximate surface area is 85.7 Å². The standard InChI is InChI=1S/C10H10N2O3/c1-2-14-8-6-4-3-5-7(8)9-11-10(13)15-12-9/h3-6H,2H2,1H3,(H,11,12,13). The van der Waals surface area contributed by atoms with Crippen molar-refractivity contribution in [2.45, 2.75) is 6.92 Å². The normalized spacial score (nSPS) is 10.2. The van der Waals surface area contributed by atoms with E-state index in [-0.39, 0.29) is 0 Å². The molecule has 1 N–H and O–H groups in total. The second-order valence-electron chi connectivity index (χ2n) is 2.87. The van der Waals surface area contributed by atoms with Gasteiger partial charge in [-0.2, -0.15) is 0 Å². The molecule has 78 valence electrons. The van der Waals surface area contributed by atoms with Gasteiger partial charge in [-0.15, -0.1) is 0 Å². The van der Waals surface area contributed by atoms with Gasteiger partial charge in [0.1, 0.15) is 5.75 Å². The number of aromatic amines is 1. The van der Waals surface area contributed by atoms with Crippen LogP contribution in [0.25, 0.3) is 11.4 Å². The van der Waals surface area contributed by atoms with Crippen molar-refractivity contribution >= 4 is 0 Å². The fourth-order valence-electron chi connectivity index (χ4n) is 1.29. The molecule has 0 amide bonds. The van der Waals surface area contributed by atoms with E-state index in [1.807, 2.05) is 25.1 Å². The molecule has 1 aromatic heterocycles. The van der Waals surface area contributed by atoms with Crippen molar-refractivity contribution < 1.29 is 9.26 Å². The van der Waals surface area contributed by atoms with E-state index >= 15 is 0 Å². The number of rotatable bonds is 3. The van der Waals surface area contributed by atoms with Crippen molar-refractivity contribution in [3.05, 3.63) is 34.8 Å². The zero-order chi connectivity index (χ0) is 10.7. The molecule has 2 aromatic rings. The molecule has 0 aliphatic rings. The maximum Gasteiger partial charge on any atom is 0.439 e. The minimum absolute atomic E-state index is 0.379. The molecule has 0 unspecified atom stereocenters. The summed E-state index contributed by atoms with van der Waals surface area (Å²) < 4.78 is 9.83. The van der Waals surface area contributed by atoms with E-state index < -0.39 is 5.76 Å². The number of para-hydroxylation sites is 1. The summed E-state index contributed by atoms with van der Waals surface area (Å²) in [5.74, 6) is 0.477. The van der Waals surface area contributed by atoms with Gasteiger partial charge in [0.05, 0.1) is 12.2 Å². The first-order valence-corrected chi connectivity index (χ1v) is 4.59. The molecule has 15 heavy (non-hydrogen) atoms. The van der Waals surface area contributed by atoms with Crippen LogP contribution >= 0.6 is 0 Å². The molecule has 0 aliphatic carbocycles. The van der Waals surface area contributed by atoms with Gasteiger partial charge in [0, 0.05) is 0 Å². The van der Waals surface area contributed by atoms with Crippen molar-refractivity contribution in [1.29, 1.82) is 0 Å². The molecule has 0 aliphatic heterocycles. The highest BCUT2D eigenvalue weighted by Crippen LogP contribution is 2.26. The Hall–Kier alpha value is -2.04. The first-order valence-electron chi connectivity index (χ1n) is 4.59. The smallest absolute Gasteiger partial charge is 0.439 e. The van der Waals surface area contributed by atoms with Crippen LogP contribution in [-0.4, -0.2) is 16.7 Å². The molecule has 5 heteroatoms. The third-order valence-electron chi connectivity index (χ3n) is 1.88.